The molecule has 0 aliphatic carbocycles. The van der Waals surface area contributed by atoms with Crippen LogP contribution in [-0.4, -0.2) is 106 Å². The van der Waals surface area contributed by atoms with Crippen LogP contribution in [0.3, 0.4) is 0 Å². The van der Waals surface area contributed by atoms with Gasteiger partial charge < -0.3 is 29.7 Å². The van der Waals surface area contributed by atoms with Crippen molar-refractivity contribution >= 4 is 33.6 Å². The molecule has 5 aliphatic heterocycles. The molecule has 5 atom stereocenters. The molecule has 5 unspecified atom stereocenters. The number of pyridine rings is 1. The number of halogens is 3. The molecule has 5 saturated heterocycles. The van der Waals surface area contributed by atoms with Gasteiger partial charge in [-0.3, -0.25) is 9.88 Å². The summed E-state index contributed by atoms with van der Waals surface area (Å²) in [7, 11) is 1.76. The highest BCUT2D eigenvalue weighted by Crippen LogP contribution is 2.46. The number of fused-ring (bicyclic) bond motifs is 7. The zero-order valence-electron chi connectivity index (χ0n) is 26.3. The van der Waals surface area contributed by atoms with E-state index in [0.29, 0.717) is 37.3 Å². The minimum atomic E-state index is -1.16. The van der Waals surface area contributed by atoms with E-state index in [2.05, 4.69) is 25.1 Å². The number of likely N-dealkylation sites (N-methyl/N-ethyl adjacent to an activating group) is 1. The molecule has 0 radical (unpaired) electrons. The number of piperazine rings is 1. The second-order valence-corrected chi connectivity index (χ2v) is 13.8. The number of rotatable bonds is 5. The number of carbonyl (C=O) groups excluding carboxylic acids is 1. The predicted molar refractivity (Wildman–Crippen MR) is 169 cm³/mol. The average Bonchev–Trinajstić information content (AvgIpc) is 3.74. The lowest BCUT2D eigenvalue weighted by molar-refractivity contribution is 0.00982. The topological polar surface area (TPSA) is 116 Å². The van der Waals surface area contributed by atoms with Crippen LogP contribution < -0.4 is 15.0 Å². The Balaban J connectivity index is 1.14. The Morgan fingerprint density at radius 3 is 2.73 bits per heavy atom. The molecule has 5 fully saturated rings. The van der Waals surface area contributed by atoms with Gasteiger partial charge in [0.1, 0.15) is 36.0 Å². The Hall–Kier alpha value is -4.43. The second-order valence-electron chi connectivity index (χ2n) is 13.8. The number of anilines is 1. The molecule has 0 saturated carbocycles. The van der Waals surface area contributed by atoms with Crippen LogP contribution in [-0.2, 0) is 4.74 Å². The van der Waals surface area contributed by atoms with Crippen molar-refractivity contribution in [1.29, 1.82) is 0 Å². The molecule has 4 aromatic rings. The fraction of sp³-hybridized carbons (Fsp3) is 0.471. The number of benzene rings is 2. The number of hydrogen-bond acceptors (Lipinski definition) is 10. The molecule has 2 N–H and O–H groups in total. The van der Waals surface area contributed by atoms with Crippen molar-refractivity contribution in [3.05, 3.63) is 47.9 Å². The first-order valence-electron chi connectivity index (χ1n) is 16.5. The summed E-state index contributed by atoms with van der Waals surface area (Å²) in [6, 6.07) is 5.32. The molecule has 2 aromatic heterocycles. The van der Waals surface area contributed by atoms with E-state index in [1.54, 1.807) is 11.9 Å². The zero-order valence-corrected chi connectivity index (χ0v) is 26.3. The Kier molecular flexibility index (Phi) is 6.67. The van der Waals surface area contributed by atoms with Gasteiger partial charge in [0.05, 0.1) is 23.0 Å². The molecule has 0 spiro atoms. The summed E-state index contributed by atoms with van der Waals surface area (Å²) >= 11 is 0. The Bertz CT molecular complexity index is 1990. The largest absolute Gasteiger partial charge is 0.508 e. The van der Waals surface area contributed by atoms with Gasteiger partial charge >= 0.3 is 12.1 Å². The quantitative estimate of drug-likeness (QED) is 0.320. The highest BCUT2D eigenvalue weighted by Gasteiger charge is 2.58. The van der Waals surface area contributed by atoms with Crippen molar-refractivity contribution in [3.63, 3.8) is 0 Å². The van der Waals surface area contributed by atoms with Gasteiger partial charge in [-0.2, -0.15) is 9.97 Å². The second kappa shape index (κ2) is 10.8. The molecule has 250 valence electrons. The van der Waals surface area contributed by atoms with Gasteiger partial charge in [-0.25, -0.2) is 18.0 Å². The minimum Gasteiger partial charge on any atom is -0.508 e. The maximum atomic E-state index is 16.8. The molecule has 11 nitrogen and oxygen atoms in total. The number of phenolic OH excluding ortho intramolecular Hbond substituents is 1. The molecule has 9 rings (SSSR count). The SMILES string of the molecule is CN1C(=O)OCC2C1CC1(COc3nc(N4CC5CCC(C4)N5)c4cnc(-c5cc(O)cc6ccc(F)c(F)c56)c(F)c4n3)CCCN21. The van der Waals surface area contributed by atoms with E-state index >= 15 is 8.78 Å². The van der Waals surface area contributed by atoms with E-state index in [9.17, 15) is 14.3 Å². The van der Waals surface area contributed by atoms with E-state index in [0.717, 1.165) is 38.3 Å². The number of cyclic esters (lactones) is 1. The van der Waals surface area contributed by atoms with E-state index in [1.165, 1.54) is 24.4 Å². The van der Waals surface area contributed by atoms with E-state index < -0.39 is 17.5 Å². The molecule has 14 heteroatoms. The van der Waals surface area contributed by atoms with Crippen molar-refractivity contribution in [2.45, 2.75) is 61.8 Å². The Morgan fingerprint density at radius 1 is 1.10 bits per heavy atom. The number of hydrogen-bond donors (Lipinski definition) is 2. The van der Waals surface area contributed by atoms with Gasteiger partial charge in [0.25, 0.3) is 0 Å². The molecular formula is C34H34F3N7O4. The fourth-order valence-corrected chi connectivity index (χ4v) is 8.88. The first-order valence-corrected chi connectivity index (χ1v) is 16.5. The van der Waals surface area contributed by atoms with E-state index in [4.69, 9.17) is 14.5 Å². The summed E-state index contributed by atoms with van der Waals surface area (Å²) in [5.41, 5.74) is -0.816. The molecule has 5 aliphatic rings. The van der Waals surface area contributed by atoms with Gasteiger partial charge in [0.2, 0.25) is 0 Å². The number of aromatic hydroxyl groups is 1. The number of amides is 1. The van der Waals surface area contributed by atoms with Crippen molar-refractivity contribution in [3.8, 4) is 23.0 Å². The van der Waals surface area contributed by atoms with Crippen LogP contribution in [0, 0.1) is 17.5 Å². The van der Waals surface area contributed by atoms with Gasteiger partial charge in [0, 0.05) is 49.4 Å². The molecular weight excluding hydrogens is 627 g/mol. The number of ether oxygens (including phenoxy) is 2. The number of carbonyl (C=O) groups is 1. The number of aromatic nitrogens is 3. The summed E-state index contributed by atoms with van der Waals surface area (Å²) in [6.45, 7) is 2.73. The maximum absolute atomic E-state index is 16.8. The van der Waals surface area contributed by atoms with Crippen LogP contribution in [0.25, 0.3) is 32.9 Å². The van der Waals surface area contributed by atoms with E-state index in [1.807, 2.05) is 0 Å². The molecule has 2 bridgehead atoms. The lowest BCUT2D eigenvalue weighted by Gasteiger charge is -2.37. The third kappa shape index (κ3) is 4.48. The molecule has 1 amide bonds. The van der Waals surface area contributed by atoms with Gasteiger partial charge in [-0.1, -0.05) is 6.07 Å². The van der Waals surface area contributed by atoms with Crippen molar-refractivity contribution < 1.29 is 32.5 Å². The highest BCUT2D eigenvalue weighted by atomic mass is 19.2. The van der Waals surface area contributed by atoms with Crippen LogP contribution in [0.5, 0.6) is 11.8 Å². The average molecular weight is 662 g/mol. The third-order valence-corrected chi connectivity index (χ3v) is 11.1. The van der Waals surface area contributed by atoms with Gasteiger partial charge in [-0.05, 0) is 62.2 Å². The summed E-state index contributed by atoms with van der Waals surface area (Å²) in [6.07, 6.45) is 5.71. The molecule has 2 aromatic carbocycles. The maximum Gasteiger partial charge on any atom is 0.409 e. The van der Waals surface area contributed by atoms with Crippen LogP contribution >= 0.6 is 0 Å². The van der Waals surface area contributed by atoms with Crippen molar-refractivity contribution in [2.24, 2.45) is 0 Å². The van der Waals surface area contributed by atoms with Crippen molar-refractivity contribution in [2.75, 3.05) is 44.8 Å². The van der Waals surface area contributed by atoms with Crippen LogP contribution in [0.15, 0.2) is 30.5 Å². The van der Waals surface area contributed by atoms with E-state index in [-0.39, 0.29) is 81.7 Å². The van der Waals surface area contributed by atoms with Crippen LogP contribution in [0.4, 0.5) is 23.8 Å². The monoisotopic (exact) mass is 661 g/mol. The van der Waals surface area contributed by atoms with Crippen molar-refractivity contribution in [1.82, 2.24) is 30.1 Å². The zero-order chi connectivity index (χ0) is 32.9. The lowest BCUT2D eigenvalue weighted by atomic mass is 9.92. The van der Waals surface area contributed by atoms with Crippen LogP contribution in [0.1, 0.15) is 32.1 Å². The lowest BCUT2D eigenvalue weighted by Crippen LogP contribution is -2.54. The Labute approximate surface area is 273 Å². The normalized spacial score (nSPS) is 28.3. The first kappa shape index (κ1) is 29.7. The highest BCUT2D eigenvalue weighted by molar-refractivity contribution is 6.00. The fourth-order valence-electron chi connectivity index (χ4n) is 8.88. The van der Waals surface area contributed by atoms with Gasteiger partial charge in [-0.15, -0.1) is 0 Å². The Morgan fingerprint density at radius 2 is 1.92 bits per heavy atom. The smallest absolute Gasteiger partial charge is 0.409 e. The number of nitrogens with zero attached hydrogens (tertiary/aromatic N) is 6. The predicted octanol–water partition coefficient (Wildman–Crippen LogP) is 4.34. The van der Waals surface area contributed by atoms with Gasteiger partial charge in [0.15, 0.2) is 17.5 Å². The molecule has 48 heavy (non-hydrogen) atoms. The molecule has 7 heterocycles. The summed E-state index contributed by atoms with van der Waals surface area (Å²) in [5, 5.41) is 14.4. The minimum absolute atomic E-state index is 0.00537. The summed E-state index contributed by atoms with van der Waals surface area (Å²) < 4.78 is 58.2. The number of nitrogens with one attached hydrogen (secondary N) is 1. The number of phenols is 1. The summed E-state index contributed by atoms with van der Waals surface area (Å²) in [4.78, 5) is 32.3. The summed E-state index contributed by atoms with van der Waals surface area (Å²) in [5.74, 6) is -2.88. The standard InChI is InChI=1S/C34H34F3N7O4/c1-42-24-11-34(7-2-8-44(34)25(24)15-47-33(42)46)16-48-32-40-30-22(31(41-32)43-13-18-4-5-19(14-43)39-18)12-38-29(28(30)37)21-10-20(45)9-17-3-6-23(35)27(36)26(17)21/h3,6,9-10,12,18-19,24-25,39,45H,2,4-5,7-8,11,13-16H2,1H3. The third-order valence-electron chi connectivity index (χ3n) is 11.1. The first-order chi connectivity index (χ1) is 23.2. The van der Waals surface area contributed by atoms with Crippen LogP contribution in [0.2, 0.25) is 0 Å².